The Labute approximate surface area is 176 Å². The summed E-state index contributed by atoms with van der Waals surface area (Å²) in [6.45, 7) is 0.504. The van der Waals surface area contributed by atoms with E-state index < -0.39 is 34.8 Å². The van der Waals surface area contributed by atoms with Gasteiger partial charge in [-0.1, -0.05) is 30.2 Å². The maximum Gasteiger partial charge on any atom is 0.417 e. The predicted molar refractivity (Wildman–Crippen MR) is 103 cm³/mol. The Morgan fingerprint density at radius 3 is 2.53 bits per heavy atom. The summed E-state index contributed by atoms with van der Waals surface area (Å²) in [6.07, 6.45) is -2.70. The van der Waals surface area contributed by atoms with Crippen molar-refractivity contribution in [3.8, 4) is 11.5 Å². The summed E-state index contributed by atoms with van der Waals surface area (Å²) in [5, 5.41) is 9.35. The number of ether oxygens (including phenoxy) is 2. The fraction of sp³-hybridized carbons (Fsp3) is 0.381. The van der Waals surface area contributed by atoms with Crippen LogP contribution in [0.25, 0.3) is 0 Å². The smallest absolute Gasteiger partial charge is 0.417 e. The molecule has 1 N–H and O–H groups in total. The molecule has 4 rings (SSSR count). The van der Waals surface area contributed by atoms with Crippen molar-refractivity contribution in [2.45, 2.75) is 37.5 Å². The van der Waals surface area contributed by atoms with Crippen molar-refractivity contribution in [1.29, 1.82) is 0 Å². The van der Waals surface area contributed by atoms with Crippen LogP contribution in [0, 0.1) is 0 Å². The Balaban J connectivity index is 1.85. The van der Waals surface area contributed by atoms with Crippen molar-refractivity contribution in [2.75, 3.05) is 13.3 Å². The van der Waals surface area contributed by atoms with Gasteiger partial charge in [0.1, 0.15) is 6.04 Å². The third kappa shape index (κ3) is 3.94. The summed E-state index contributed by atoms with van der Waals surface area (Å²) in [5.74, 6) is 0.0230. The van der Waals surface area contributed by atoms with Crippen molar-refractivity contribution in [1.82, 2.24) is 4.90 Å². The summed E-state index contributed by atoms with van der Waals surface area (Å²) in [6, 6.07) is 7.32. The SMILES string of the molecule is O=C(O)C1CCCCN1C(c1ccc2c(c1)OCO2)c1ccc(Cl)c(C(F)(F)F)c1. The van der Waals surface area contributed by atoms with Crippen LogP contribution in [0.1, 0.15) is 42.0 Å². The second-order valence-electron chi connectivity index (χ2n) is 7.34. The number of halogens is 4. The normalized spacial score (nSPS) is 20.2. The molecule has 0 spiro atoms. The van der Waals surface area contributed by atoms with Gasteiger partial charge in [-0.25, -0.2) is 0 Å². The second-order valence-corrected chi connectivity index (χ2v) is 7.75. The molecule has 0 radical (unpaired) electrons. The topological polar surface area (TPSA) is 59.0 Å². The first-order chi connectivity index (χ1) is 14.3. The Hall–Kier alpha value is -2.45. The van der Waals surface area contributed by atoms with Crippen molar-refractivity contribution in [3.63, 3.8) is 0 Å². The zero-order chi connectivity index (χ0) is 21.5. The van der Waals surface area contributed by atoms with E-state index in [0.717, 1.165) is 18.9 Å². The van der Waals surface area contributed by atoms with Gasteiger partial charge in [-0.15, -0.1) is 0 Å². The molecule has 0 saturated carbocycles. The van der Waals surface area contributed by atoms with E-state index in [9.17, 15) is 23.1 Å². The molecule has 0 aliphatic carbocycles. The minimum atomic E-state index is -4.62. The van der Waals surface area contributed by atoms with Crippen molar-refractivity contribution in [3.05, 3.63) is 58.1 Å². The quantitative estimate of drug-likeness (QED) is 0.714. The average molecular weight is 442 g/mol. The number of nitrogens with zero attached hydrogens (tertiary/aromatic N) is 1. The number of aliphatic carboxylic acids is 1. The van der Waals surface area contributed by atoms with Crippen LogP contribution in [0.4, 0.5) is 13.2 Å². The van der Waals surface area contributed by atoms with Gasteiger partial charge in [0.15, 0.2) is 11.5 Å². The maximum atomic E-state index is 13.5. The lowest BCUT2D eigenvalue weighted by molar-refractivity contribution is -0.145. The van der Waals surface area contributed by atoms with Crippen molar-refractivity contribution in [2.24, 2.45) is 0 Å². The van der Waals surface area contributed by atoms with Crippen LogP contribution in [-0.4, -0.2) is 35.4 Å². The number of rotatable bonds is 4. The molecule has 2 aromatic carbocycles. The van der Waals surface area contributed by atoms with E-state index in [1.807, 2.05) is 0 Å². The zero-order valence-corrected chi connectivity index (χ0v) is 16.5. The minimum absolute atomic E-state index is 0.0596. The first-order valence-electron chi connectivity index (χ1n) is 9.50. The van der Waals surface area contributed by atoms with E-state index in [2.05, 4.69) is 0 Å². The molecule has 1 fully saturated rings. The van der Waals surface area contributed by atoms with Crippen LogP contribution in [0.3, 0.4) is 0 Å². The Morgan fingerprint density at radius 1 is 1.10 bits per heavy atom. The second kappa shape index (κ2) is 8.00. The molecule has 0 amide bonds. The number of piperidine rings is 1. The van der Waals surface area contributed by atoms with Crippen molar-refractivity contribution >= 4 is 17.6 Å². The zero-order valence-electron chi connectivity index (χ0n) is 15.8. The van der Waals surface area contributed by atoms with Gasteiger partial charge < -0.3 is 14.6 Å². The molecule has 2 atom stereocenters. The molecular formula is C21H19ClF3NO4. The summed E-state index contributed by atoms with van der Waals surface area (Å²) in [4.78, 5) is 13.7. The standard InChI is InChI=1S/C21H19ClF3NO4/c22-15-6-4-12(9-14(15)21(23,24)25)19(26-8-2-1-3-16(26)20(27)28)13-5-7-17-18(10-13)30-11-29-17/h4-7,9-10,16,19H,1-3,8,11H2,(H,27,28). The van der Waals surface area contributed by atoms with Gasteiger partial charge >= 0.3 is 12.1 Å². The van der Waals surface area contributed by atoms with E-state index in [4.69, 9.17) is 21.1 Å². The molecule has 2 aromatic rings. The molecule has 1 saturated heterocycles. The third-order valence-corrected chi connectivity index (χ3v) is 5.81. The number of alkyl halides is 3. The maximum absolute atomic E-state index is 13.5. The highest BCUT2D eigenvalue weighted by Crippen LogP contribution is 2.42. The highest BCUT2D eigenvalue weighted by molar-refractivity contribution is 6.31. The van der Waals surface area contributed by atoms with E-state index in [0.29, 0.717) is 35.6 Å². The van der Waals surface area contributed by atoms with Crippen LogP contribution in [0.5, 0.6) is 11.5 Å². The Morgan fingerprint density at radius 2 is 1.80 bits per heavy atom. The molecule has 2 aliphatic rings. The van der Waals surface area contributed by atoms with E-state index in [-0.39, 0.29) is 6.79 Å². The largest absolute Gasteiger partial charge is 0.480 e. The van der Waals surface area contributed by atoms with Gasteiger partial charge in [0, 0.05) is 0 Å². The summed E-state index contributed by atoms with van der Waals surface area (Å²) in [7, 11) is 0. The van der Waals surface area contributed by atoms with Gasteiger partial charge in [0.05, 0.1) is 16.6 Å². The highest BCUT2D eigenvalue weighted by atomic mass is 35.5. The van der Waals surface area contributed by atoms with Crippen molar-refractivity contribution < 1.29 is 32.5 Å². The predicted octanol–water partition coefficient (Wildman–Crippen LogP) is 5.12. The summed E-state index contributed by atoms with van der Waals surface area (Å²) < 4.78 is 51.2. The van der Waals surface area contributed by atoms with Crippen LogP contribution in [0.2, 0.25) is 5.02 Å². The molecule has 2 heterocycles. The number of carboxylic acid groups (broad SMARTS) is 1. The lowest BCUT2D eigenvalue weighted by Crippen LogP contribution is -2.46. The van der Waals surface area contributed by atoms with Gasteiger partial charge in [0.2, 0.25) is 6.79 Å². The number of hydrogen-bond donors (Lipinski definition) is 1. The van der Waals surface area contributed by atoms with Crippen LogP contribution in [0.15, 0.2) is 36.4 Å². The average Bonchev–Trinajstić information content (AvgIpc) is 3.17. The minimum Gasteiger partial charge on any atom is -0.480 e. The molecule has 2 aliphatic heterocycles. The number of carbonyl (C=O) groups is 1. The fourth-order valence-corrected chi connectivity index (χ4v) is 4.34. The first-order valence-corrected chi connectivity index (χ1v) is 9.88. The monoisotopic (exact) mass is 441 g/mol. The van der Waals surface area contributed by atoms with Crippen LogP contribution < -0.4 is 9.47 Å². The number of likely N-dealkylation sites (tertiary alicyclic amines) is 1. The lowest BCUT2D eigenvalue weighted by atomic mass is 9.90. The van der Waals surface area contributed by atoms with E-state index >= 15 is 0 Å². The molecule has 5 nitrogen and oxygen atoms in total. The lowest BCUT2D eigenvalue weighted by Gasteiger charge is -2.40. The molecule has 160 valence electrons. The van der Waals surface area contributed by atoms with Crippen LogP contribution >= 0.6 is 11.6 Å². The van der Waals surface area contributed by atoms with Gasteiger partial charge in [-0.2, -0.15) is 13.2 Å². The first kappa shape index (κ1) is 20.8. The Bertz CT molecular complexity index is 966. The van der Waals surface area contributed by atoms with E-state index in [1.165, 1.54) is 12.1 Å². The summed E-state index contributed by atoms with van der Waals surface area (Å²) >= 11 is 5.81. The molecule has 2 unspecified atom stereocenters. The molecule has 9 heteroatoms. The molecule has 0 aromatic heterocycles. The fourth-order valence-electron chi connectivity index (χ4n) is 4.12. The van der Waals surface area contributed by atoms with Gasteiger partial charge in [-0.05, 0) is 54.8 Å². The highest BCUT2D eigenvalue weighted by Gasteiger charge is 2.38. The van der Waals surface area contributed by atoms with Gasteiger partial charge in [0.25, 0.3) is 0 Å². The number of hydrogen-bond acceptors (Lipinski definition) is 4. The number of benzene rings is 2. The third-order valence-electron chi connectivity index (χ3n) is 5.48. The summed E-state index contributed by atoms with van der Waals surface area (Å²) in [5.41, 5.74) is -0.00196. The van der Waals surface area contributed by atoms with Crippen LogP contribution in [-0.2, 0) is 11.0 Å². The van der Waals surface area contributed by atoms with Gasteiger partial charge in [-0.3, -0.25) is 9.69 Å². The molecule has 0 bridgehead atoms. The Kier molecular flexibility index (Phi) is 5.55. The number of carboxylic acids is 1. The number of fused-ring (bicyclic) bond motifs is 1. The van der Waals surface area contributed by atoms with E-state index in [1.54, 1.807) is 23.1 Å². The molecule has 30 heavy (non-hydrogen) atoms. The molecular weight excluding hydrogens is 423 g/mol.